The summed E-state index contributed by atoms with van der Waals surface area (Å²) in [5, 5.41) is 0. The molecule has 1 aromatic carbocycles. The van der Waals surface area contributed by atoms with Gasteiger partial charge in [-0.25, -0.2) is 4.79 Å². The van der Waals surface area contributed by atoms with E-state index in [1.807, 2.05) is 30.3 Å². The van der Waals surface area contributed by atoms with E-state index in [-0.39, 0.29) is 11.8 Å². The Labute approximate surface area is 126 Å². The van der Waals surface area contributed by atoms with E-state index in [4.69, 9.17) is 4.74 Å². The Kier molecular flexibility index (Phi) is 5.73. The molecule has 0 bridgehead atoms. The van der Waals surface area contributed by atoms with E-state index in [1.165, 1.54) is 0 Å². The quantitative estimate of drug-likeness (QED) is 0.563. The molecule has 0 amide bonds. The van der Waals surface area contributed by atoms with Crippen LogP contribution in [0.15, 0.2) is 35.9 Å². The van der Waals surface area contributed by atoms with Crippen LogP contribution in [0, 0.1) is 0 Å². The van der Waals surface area contributed by atoms with Gasteiger partial charge in [-0.3, -0.25) is 4.79 Å². The number of ketones is 1. The second-order valence-electron chi connectivity index (χ2n) is 5.34. The molecule has 3 nitrogen and oxygen atoms in total. The van der Waals surface area contributed by atoms with Crippen molar-refractivity contribution in [3.8, 4) is 0 Å². The van der Waals surface area contributed by atoms with Gasteiger partial charge in [0.1, 0.15) is 0 Å². The predicted molar refractivity (Wildman–Crippen MR) is 82.7 cm³/mol. The first-order valence-corrected chi connectivity index (χ1v) is 7.73. The fourth-order valence-electron chi connectivity index (χ4n) is 2.61. The standard InChI is InChI=1S/C18H22O3/c1-2-3-4-8-11-16(19)15-12-13-21-18(20)17(15)14-9-6-5-7-10-14/h5-7,9-10H,2-4,8,11-13H2,1H3. The first-order chi connectivity index (χ1) is 10.2. The molecule has 0 aromatic heterocycles. The molecule has 3 heteroatoms. The molecule has 0 N–H and O–H groups in total. The third kappa shape index (κ3) is 4.03. The highest BCUT2D eigenvalue weighted by molar-refractivity contribution is 6.24. The molecule has 1 aromatic rings. The lowest BCUT2D eigenvalue weighted by molar-refractivity contribution is -0.138. The second kappa shape index (κ2) is 7.77. The molecule has 1 aliphatic heterocycles. The third-order valence-corrected chi connectivity index (χ3v) is 3.75. The van der Waals surface area contributed by atoms with Crippen molar-refractivity contribution in [2.45, 2.75) is 45.4 Å². The van der Waals surface area contributed by atoms with Gasteiger partial charge in [0, 0.05) is 18.4 Å². The monoisotopic (exact) mass is 286 g/mol. The maximum Gasteiger partial charge on any atom is 0.339 e. The molecule has 0 radical (unpaired) electrons. The number of hydrogen-bond acceptors (Lipinski definition) is 3. The van der Waals surface area contributed by atoms with E-state index in [0.29, 0.717) is 30.6 Å². The summed E-state index contributed by atoms with van der Waals surface area (Å²) >= 11 is 0. The average Bonchev–Trinajstić information content (AvgIpc) is 2.52. The van der Waals surface area contributed by atoms with Gasteiger partial charge in [-0.05, 0) is 12.0 Å². The van der Waals surface area contributed by atoms with Crippen molar-refractivity contribution in [3.63, 3.8) is 0 Å². The number of carbonyl (C=O) groups is 2. The molecule has 0 aliphatic carbocycles. The van der Waals surface area contributed by atoms with Gasteiger partial charge in [0.05, 0.1) is 12.2 Å². The molecule has 2 rings (SSSR count). The predicted octanol–water partition coefficient (Wildman–Crippen LogP) is 3.93. The SMILES string of the molecule is CCCCCCC(=O)C1=C(c2ccccc2)C(=O)OCC1. The normalized spacial score (nSPS) is 15.0. The Hall–Kier alpha value is -1.90. The van der Waals surface area contributed by atoms with E-state index < -0.39 is 0 Å². The zero-order chi connectivity index (χ0) is 15.1. The van der Waals surface area contributed by atoms with Gasteiger partial charge in [0.25, 0.3) is 0 Å². The molecule has 21 heavy (non-hydrogen) atoms. The van der Waals surface area contributed by atoms with Crippen molar-refractivity contribution in [1.82, 2.24) is 0 Å². The van der Waals surface area contributed by atoms with Crippen LogP contribution in [0.5, 0.6) is 0 Å². The number of benzene rings is 1. The molecule has 1 heterocycles. The number of cyclic esters (lactones) is 1. The molecule has 0 fully saturated rings. The van der Waals surface area contributed by atoms with Gasteiger partial charge in [-0.1, -0.05) is 56.5 Å². The van der Waals surface area contributed by atoms with Gasteiger partial charge in [0.15, 0.2) is 5.78 Å². The number of carbonyl (C=O) groups excluding carboxylic acids is 2. The Morgan fingerprint density at radius 3 is 2.62 bits per heavy atom. The summed E-state index contributed by atoms with van der Waals surface area (Å²) in [6, 6.07) is 9.34. The highest BCUT2D eigenvalue weighted by Crippen LogP contribution is 2.28. The van der Waals surface area contributed by atoms with Gasteiger partial charge < -0.3 is 4.74 Å². The molecular weight excluding hydrogens is 264 g/mol. The number of esters is 1. The number of ether oxygens (including phenoxy) is 1. The van der Waals surface area contributed by atoms with Crippen LogP contribution in [0.2, 0.25) is 0 Å². The summed E-state index contributed by atoms with van der Waals surface area (Å²) in [5.41, 5.74) is 1.88. The number of rotatable bonds is 7. The number of hydrogen-bond donors (Lipinski definition) is 0. The fraction of sp³-hybridized carbons (Fsp3) is 0.444. The zero-order valence-corrected chi connectivity index (χ0v) is 12.6. The lowest BCUT2D eigenvalue weighted by atomic mass is 9.91. The van der Waals surface area contributed by atoms with Crippen molar-refractivity contribution < 1.29 is 14.3 Å². The van der Waals surface area contributed by atoms with Crippen molar-refractivity contribution >= 4 is 17.3 Å². The van der Waals surface area contributed by atoms with Gasteiger partial charge in [0.2, 0.25) is 0 Å². The smallest absolute Gasteiger partial charge is 0.339 e. The fourth-order valence-corrected chi connectivity index (χ4v) is 2.61. The Bertz CT molecular complexity index is 529. The summed E-state index contributed by atoms with van der Waals surface area (Å²) in [6.07, 6.45) is 5.33. The Morgan fingerprint density at radius 2 is 1.90 bits per heavy atom. The van der Waals surface area contributed by atoms with E-state index in [9.17, 15) is 9.59 Å². The minimum absolute atomic E-state index is 0.0987. The summed E-state index contributed by atoms with van der Waals surface area (Å²) in [5.74, 6) is -0.272. The molecule has 0 saturated heterocycles. The molecular formula is C18H22O3. The van der Waals surface area contributed by atoms with Crippen LogP contribution in [-0.4, -0.2) is 18.4 Å². The maximum absolute atomic E-state index is 12.4. The third-order valence-electron chi connectivity index (χ3n) is 3.75. The minimum atomic E-state index is -0.371. The Balaban J connectivity index is 2.19. The van der Waals surface area contributed by atoms with Crippen LogP contribution in [0.3, 0.4) is 0 Å². The molecule has 0 unspecified atom stereocenters. The Morgan fingerprint density at radius 1 is 1.14 bits per heavy atom. The van der Waals surface area contributed by atoms with Crippen molar-refractivity contribution in [2.75, 3.05) is 6.61 Å². The van der Waals surface area contributed by atoms with Gasteiger partial charge in [-0.2, -0.15) is 0 Å². The lowest BCUT2D eigenvalue weighted by Gasteiger charge is -2.19. The van der Waals surface area contributed by atoms with Crippen LogP contribution in [0.4, 0.5) is 0 Å². The zero-order valence-electron chi connectivity index (χ0n) is 12.6. The summed E-state index contributed by atoms with van der Waals surface area (Å²) in [4.78, 5) is 24.5. The summed E-state index contributed by atoms with van der Waals surface area (Å²) in [6.45, 7) is 2.46. The summed E-state index contributed by atoms with van der Waals surface area (Å²) < 4.78 is 5.12. The van der Waals surface area contributed by atoms with Crippen molar-refractivity contribution in [1.29, 1.82) is 0 Å². The highest BCUT2D eigenvalue weighted by atomic mass is 16.5. The van der Waals surface area contributed by atoms with Crippen LogP contribution in [0.25, 0.3) is 5.57 Å². The topological polar surface area (TPSA) is 43.4 Å². The van der Waals surface area contributed by atoms with Gasteiger partial charge in [-0.15, -0.1) is 0 Å². The highest BCUT2D eigenvalue weighted by Gasteiger charge is 2.27. The molecule has 0 saturated carbocycles. The van der Waals surface area contributed by atoms with E-state index >= 15 is 0 Å². The molecule has 0 spiro atoms. The van der Waals surface area contributed by atoms with Crippen LogP contribution in [0.1, 0.15) is 51.0 Å². The van der Waals surface area contributed by atoms with Crippen LogP contribution < -0.4 is 0 Å². The first-order valence-electron chi connectivity index (χ1n) is 7.73. The van der Waals surface area contributed by atoms with E-state index in [2.05, 4.69) is 6.92 Å². The first kappa shape index (κ1) is 15.5. The number of unbranched alkanes of at least 4 members (excludes halogenated alkanes) is 3. The van der Waals surface area contributed by atoms with E-state index in [1.54, 1.807) is 0 Å². The molecule has 1 aliphatic rings. The largest absolute Gasteiger partial charge is 0.462 e. The van der Waals surface area contributed by atoms with Crippen LogP contribution >= 0.6 is 0 Å². The lowest BCUT2D eigenvalue weighted by Crippen LogP contribution is -2.21. The maximum atomic E-state index is 12.4. The van der Waals surface area contributed by atoms with Crippen molar-refractivity contribution in [3.05, 3.63) is 41.5 Å². The van der Waals surface area contributed by atoms with Crippen LogP contribution in [-0.2, 0) is 14.3 Å². The van der Waals surface area contributed by atoms with Gasteiger partial charge >= 0.3 is 5.97 Å². The minimum Gasteiger partial charge on any atom is -0.462 e. The average molecular weight is 286 g/mol. The van der Waals surface area contributed by atoms with Crippen molar-refractivity contribution in [2.24, 2.45) is 0 Å². The second-order valence-corrected chi connectivity index (χ2v) is 5.34. The molecule has 112 valence electrons. The molecule has 0 atom stereocenters. The number of Topliss-reactive ketones (excluding diaryl/α,β-unsaturated/α-hetero) is 1. The summed E-state index contributed by atoms with van der Waals surface area (Å²) in [7, 11) is 0. The van der Waals surface area contributed by atoms with E-state index in [0.717, 1.165) is 31.2 Å².